The fourth-order valence-corrected chi connectivity index (χ4v) is 2.33. The highest BCUT2D eigenvalue weighted by Crippen LogP contribution is 2.07. The zero-order chi connectivity index (χ0) is 14.2. The molecule has 1 atom stereocenters. The summed E-state index contributed by atoms with van der Waals surface area (Å²) in [5, 5.41) is 3.59. The molecule has 2 heteroatoms. The van der Waals surface area contributed by atoms with E-state index in [2.05, 4.69) is 36.5 Å². The van der Waals surface area contributed by atoms with Crippen LogP contribution in [0, 0.1) is 5.82 Å². The summed E-state index contributed by atoms with van der Waals surface area (Å²) in [7, 11) is 0. The smallest absolute Gasteiger partial charge is 0.123 e. The van der Waals surface area contributed by atoms with Crippen LogP contribution in [-0.4, -0.2) is 12.6 Å². The third-order valence-electron chi connectivity index (χ3n) is 3.58. The zero-order valence-corrected chi connectivity index (χ0v) is 12.0. The molecule has 0 spiro atoms. The Labute approximate surface area is 120 Å². The molecule has 2 aromatic rings. The number of nitrogens with one attached hydrogen (secondary N) is 1. The second-order valence-electron chi connectivity index (χ2n) is 5.13. The summed E-state index contributed by atoms with van der Waals surface area (Å²) in [6.45, 7) is 3.13. The fourth-order valence-electron chi connectivity index (χ4n) is 2.33. The first-order valence-electron chi connectivity index (χ1n) is 7.29. The van der Waals surface area contributed by atoms with Crippen LogP contribution in [0.4, 0.5) is 4.39 Å². The minimum Gasteiger partial charge on any atom is -0.313 e. The summed E-state index contributed by atoms with van der Waals surface area (Å²) in [5.74, 6) is -0.169. The number of rotatable bonds is 7. The molecule has 0 amide bonds. The Bertz CT molecular complexity index is 493. The van der Waals surface area contributed by atoms with Crippen LogP contribution >= 0.6 is 0 Å². The predicted molar refractivity (Wildman–Crippen MR) is 82.3 cm³/mol. The third kappa shape index (κ3) is 4.78. The van der Waals surface area contributed by atoms with E-state index in [1.807, 2.05) is 18.2 Å². The summed E-state index contributed by atoms with van der Waals surface area (Å²) in [5.41, 5.74) is 2.54. The first kappa shape index (κ1) is 14.7. The standard InChI is InChI=1S/C18H22FN/c1-2-18(14-16-6-4-3-5-7-16)20-13-12-15-8-10-17(19)11-9-15/h3-11,18,20H,2,12-14H2,1H3. The maximum absolute atomic E-state index is 12.8. The third-order valence-corrected chi connectivity index (χ3v) is 3.58. The van der Waals surface area contributed by atoms with Crippen molar-refractivity contribution in [1.82, 2.24) is 5.32 Å². The van der Waals surface area contributed by atoms with Crippen LogP contribution in [0.5, 0.6) is 0 Å². The molecular formula is C18H22FN. The second kappa shape index (κ2) is 7.81. The Morgan fingerprint density at radius 1 is 0.950 bits per heavy atom. The highest BCUT2D eigenvalue weighted by atomic mass is 19.1. The van der Waals surface area contributed by atoms with Gasteiger partial charge in [-0.05, 0) is 49.1 Å². The molecule has 0 saturated carbocycles. The van der Waals surface area contributed by atoms with Gasteiger partial charge in [0, 0.05) is 6.04 Å². The molecular weight excluding hydrogens is 249 g/mol. The normalized spacial score (nSPS) is 12.3. The molecule has 0 aromatic heterocycles. The van der Waals surface area contributed by atoms with Crippen LogP contribution in [0.1, 0.15) is 24.5 Å². The maximum Gasteiger partial charge on any atom is 0.123 e. The molecule has 0 saturated heterocycles. The monoisotopic (exact) mass is 271 g/mol. The molecule has 1 N–H and O–H groups in total. The van der Waals surface area contributed by atoms with Gasteiger partial charge in [-0.25, -0.2) is 4.39 Å². The van der Waals surface area contributed by atoms with E-state index in [0.717, 1.165) is 25.8 Å². The molecule has 0 radical (unpaired) electrons. The van der Waals surface area contributed by atoms with Crippen LogP contribution in [0.25, 0.3) is 0 Å². The van der Waals surface area contributed by atoms with Crippen molar-refractivity contribution in [2.24, 2.45) is 0 Å². The quantitative estimate of drug-likeness (QED) is 0.803. The minimum atomic E-state index is -0.169. The molecule has 1 nitrogen and oxygen atoms in total. The Morgan fingerprint density at radius 2 is 1.65 bits per heavy atom. The lowest BCUT2D eigenvalue weighted by Crippen LogP contribution is -2.32. The van der Waals surface area contributed by atoms with Crippen molar-refractivity contribution in [3.05, 3.63) is 71.5 Å². The first-order valence-corrected chi connectivity index (χ1v) is 7.29. The van der Waals surface area contributed by atoms with Crippen LogP contribution < -0.4 is 5.32 Å². The van der Waals surface area contributed by atoms with Crippen molar-refractivity contribution in [3.8, 4) is 0 Å². The second-order valence-corrected chi connectivity index (χ2v) is 5.13. The SMILES string of the molecule is CCC(Cc1ccccc1)NCCc1ccc(F)cc1. The van der Waals surface area contributed by atoms with Gasteiger partial charge < -0.3 is 5.32 Å². The van der Waals surface area contributed by atoms with E-state index < -0.39 is 0 Å². The van der Waals surface area contributed by atoms with Crippen molar-refractivity contribution in [2.75, 3.05) is 6.54 Å². The van der Waals surface area contributed by atoms with Crippen LogP contribution in [0.15, 0.2) is 54.6 Å². The molecule has 20 heavy (non-hydrogen) atoms. The molecule has 0 fully saturated rings. The molecule has 0 aliphatic carbocycles. The Balaban J connectivity index is 1.78. The lowest BCUT2D eigenvalue weighted by Gasteiger charge is -2.17. The highest BCUT2D eigenvalue weighted by molar-refractivity contribution is 5.17. The number of hydrogen-bond donors (Lipinski definition) is 1. The van der Waals surface area contributed by atoms with E-state index in [-0.39, 0.29) is 5.82 Å². The first-order chi connectivity index (χ1) is 9.78. The van der Waals surface area contributed by atoms with Crippen molar-refractivity contribution >= 4 is 0 Å². The molecule has 106 valence electrons. The van der Waals surface area contributed by atoms with Crippen molar-refractivity contribution in [2.45, 2.75) is 32.2 Å². The van der Waals surface area contributed by atoms with Crippen molar-refractivity contribution in [3.63, 3.8) is 0 Å². The average Bonchev–Trinajstić information content (AvgIpc) is 2.49. The lowest BCUT2D eigenvalue weighted by atomic mass is 10.0. The number of hydrogen-bond acceptors (Lipinski definition) is 1. The Kier molecular flexibility index (Phi) is 5.75. The average molecular weight is 271 g/mol. The van der Waals surface area contributed by atoms with Gasteiger partial charge in [-0.2, -0.15) is 0 Å². The number of benzene rings is 2. The summed E-state index contributed by atoms with van der Waals surface area (Å²) in [6, 6.07) is 17.8. The van der Waals surface area contributed by atoms with Crippen LogP contribution in [0.3, 0.4) is 0 Å². The van der Waals surface area contributed by atoms with E-state index >= 15 is 0 Å². The largest absolute Gasteiger partial charge is 0.313 e. The van der Waals surface area contributed by atoms with E-state index in [4.69, 9.17) is 0 Å². The van der Waals surface area contributed by atoms with E-state index in [9.17, 15) is 4.39 Å². The van der Waals surface area contributed by atoms with E-state index in [0.29, 0.717) is 6.04 Å². The van der Waals surface area contributed by atoms with Gasteiger partial charge in [-0.1, -0.05) is 49.4 Å². The zero-order valence-electron chi connectivity index (χ0n) is 12.0. The van der Waals surface area contributed by atoms with Gasteiger partial charge in [0.25, 0.3) is 0 Å². The lowest BCUT2D eigenvalue weighted by molar-refractivity contribution is 0.498. The van der Waals surface area contributed by atoms with Gasteiger partial charge in [0.2, 0.25) is 0 Å². The summed E-state index contributed by atoms with van der Waals surface area (Å²) < 4.78 is 12.8. The van der Waals surface area contributed by atoms with Crippen LogP contribution in [0.2, 0.25) is 0 Å². The maximum atomic E-state index is 12.8. The summed E-state index contributed by atoms with van der Waals surface area (Å²) >= 11 is 0. The molecule has 1 unspecified atom stereocenters. The predicted octanol–water partition coefficient (Wildman–Crippen LogP) is 3.98. The fraction of sp³-hybridized carbons (Fsp3) is 0.333. The highest BCUT2D eigenvalue weighted by Gasteiger charge is 2.06. The minimum absolute atomic E-state index is 0.169. The van der Waals surface area contributed by atoms with Gasteiger partial charge >= 0.3 is 0 Å². The molecule has 0 aliphatic heterocycles. The van der Waals surface area contributed by atoms with Gasteiger partial charge in [0.1, 0.15) is 5.82 Å². The van der Waals surface area contributed by atoms with Crippen LogP contribution in [-0.2, 0) is 12.8 Å². The van der Waals surface area contributed by atoms with Crippen molar-refractivity contribution < 1.29 is 4.39 Å². The molecule has 2 aromatic carbocycles. The molecule has 0 aliphatic rings. The summed E-state index contributed by atoms with van der Waals surface area (Å²) in [6.07, 6.45) is 3.10. The van der Waals surface area contributed by atoms with Gasteiger partial charge in [0.05, 0.1) is 0 Å². The van der Waals surface area contributed by atoms with Gasteiger partial charge in [-0.3, -0.25) is 0 Å². The molecule has 0 heterocycles. The van der Waals surface area contributed by atoms with E-state index in [1.165, 1.54) is 23.3 Å². The molecule has 0 bridgehead atoms. The van der Waals surface area contributed by atoms with Gasteiger partial charge in [-0.15, -0.1) is 0 Å². The Morgan fingerprint density at radius 3 is 2.30 bits per heavy atom. The topological polar surface area (TPSA) is 12.0 Å². The van der Waals surface area contributed by atoms with Crippen molar-refractivity contribution in [1.29, 1.82) is 0 Å². The summed E-state index contributed by atoms with van der Waals surface area (Å²) in [4.78, 5) is 0. The Hall–Kier alpha value is -1.67. The number of halogens is 1. The molecule has 2 rings (SSSR count). The van der Waals surface area contributed by atoms with E-state index in [1.54, 1.807) is 0 Å². The van der Waals surface area contributed by atoms with Gasteiger partial charge in [0.15, 0.2) is 0 Å².